The fraction of sp³-hybridized carbons (Fsp3) is 0.444. The fourth-order valence-corrected chi connectivity index (χ4v) is 3.34. The zero-order valence-electron chi connectivity index (χ0n) is 20.1. The van der Waals surface area contributed by atoms with Crippen molar-refractivity contribution in [3.05, 3.63) is 70.8 Å². The molecule has 2 rings (SSSR count). The van der Waals surface area contributed by atoms with Gasteiger partial charge in [0.2, 0.25) is 0 Å². The minimum absolute atomic E-state index is 0.589. The molecule has 0 unspecified atom stereocenters. The van der Waals surface area contributed by atoms with Gasteiger partial charge in [-0.15, -0.1) is 0 Å². The van der Waals surface area contributed by atoms with E-state index < -0.39 is 0 Å². The summed E-state index contributed by atoms with van der Waals surface area (Å²) in [7, 11) is 1.56. The van der Waals surface area contributed by atoms with Crippen LogP contribution in [0.1, 0.15) is 55.4 Å². The maximum absolute atomic E-state index is 6.04. The minimum atomic E-state index is 0.589. The molecule has 32 heavy (non-hydrogen) atoms. The van der Waals surface area contributed by atoms with E-state index in [1.54, 1.807) is 7.11 Å². The summed E-state index contributed by atoms with van der Waals surface area (Å²) in [6.45, 7) is 10.7. The van der Waals surface area contributed by atoms with Crippen LogP contribution in [0.4, 0.5) is 0 Å². The van der Waals surface area contributed by atoms with Gasteiger partial charge in [-0.2, -0.15) is 0 Å². The van der Waals surface area contributed by atoms with Crippen LogP contribution in [0.25, 0.3) is 0 Å². The molecule has 0 aliphatic rings. The van der Waals surface area contributed by atoms with Crippen LogP contribution in [0.5, 0.6) is 11.5 Å². The van der Waals surface area contributed by atoms with Gasteiger partial charge in [0.25, 0.3) is 0 Å². The SMILES string of the molecule is C/C=C/COc1cc(C)c(OCCCCCOCc2ccc(C(C)=NOC)cc2)c(C)c1. The monoisotopic (exact) mass is 439 g/mol. The Hall–Kier alpha value is -2.79. The van der Waals surface area contributed by atoms with Crippen LogP contribution in [-0.4, -0.2) is 32.6 Å². The number of benzene rings is 2. The quantitative estimate of drug-likeness (QED) is 0.148. The lowest BCUT2D eigenvalue weighted by Gasteiger charge is -2.14. The van der Waals surface area contributed by atoms with Crippen molar-refractivity contribution in [1.29, 1.82) is 0 Å². The van der Waals surface area contributed by atoms with Crippen LogP contribution < -0.4 is 9.47 Å². The van der Waals surface area contributed by atoms with Gasteiger partial charge >= 0.3 is 0 Å². The minimum Gasteiger partial charge on any atom is -0.493 e. The Balaban J connectivity index is 1.62. The van der Waals surface area contributed by atoms with Gasteiger partial charge in [-0.1, -0.05) is 41.6 Å². The molecule has 0 aliphatic carbocycles. The molecule has 0 spiro atoms. The fourth-order valence-electron chi connectivity index (χ4n) is 3.34. The molecule has 174 valence electrons. The summed E-state index contributed by atoms with van der Waals surface area (Å²) in [4.78, 5) is 4.81. The number of nitrogens with zero attached hydrogens (tertiary/aromatic N) is 1. The summed E-state index contributed by atoms with van der Waals surface area (Å²) in [5.74, 6) is 1.85. The van der Waals surface area contributed by atoms with E-state index in [2.05, 4.69) is 31.1 Å². The second-order valence-corrected chi connectivity index (χ2v) is 7.78. The summed E-state index contributed by atoms with van der Waals surface area (Å²) >= 11 is 0. The van der Waals surface area contributed by atoms with Crippen molar-refractivity contribution in [2.45, 2.75) is 53.6 Å². The van der Waals surface area contributed by atoms with Crippen LogP contribution in [0.15, 0.2) is 53.7 Å². The largest absolute Gasteiger partial charge is 0.493 e. The number of oxime groups is 1. The van der Waals surface area contributed by atoms with Gasteiger partial charge in [0.05, 0.1) is 18.9 Å². The number of hydrogen-bond acceptors (Lipinski definition) is 5. The van der Waals surface area contributed by atoms with E-state index in [0.717, 1.165) is 65.3 Å². The average Bonchev–Trinajstić information content (AvgIpc) is 2.78. The molecule has 0 bridgehead atoms. The van der Waals surface area contributed by atoms with E-state index in [4.69, 9.17) is 19.0 Å². The highest BCUT2D eigenvalue weighted by molar-refractivity contribution is 5.98. The smallest absolute Gasteiger partial charge is 0.125 e. The lowest BCUT2D eigenvalue weighted by Crippen LogP contribution is -2.03. The number of hydrogen-bond donors (Lipinski definition) is 0. The Morgan fingerprint density at radius 2 is 1.62 bits per heavy atom. The molecule has 5 nitrogen and oxygen atoms in total. The van der Waals surface area contributed by atoms with Gasteiger partial charge in [0.1, 0.15) is 25.2 Å². The Labute approximate surface area is 193 Å². The van der Waals surface area contributed by atoms with Crippen LogP contribution >= 0.6 is 0 Å². The Bertz CT molecular complexity index is 849. The topological polar surface area (TPSA) is 49.3 Å². The molecular weight excluding hydrogens is 402 g/mol. The zero-order chi connectivity index (χ0) is 23.2. The van der Waals surface area contributed by atoms with E-state index in [-0.39, 0.29) is 0 Å². The average molecular weight is 440 g/mol. The number of ether oxygens (including phenoxy) is 3. The van der Waals surface area contributed by atoms with Crippen molar-refractivity contribution >= 4 is 5.71 Å². The van der Waals surface area contributed by atoms with Crippen LogP contribution in [-0.2, 0) is 16.2 Å². The lowest BCUT2D eigenvalue weighted by molar-refractivity contribution is 0.116. The number of unbranched alkanes of at least 4 members (excludes halogenated alkanes) is 2. The third-order valence-corrected chi connectivity index (χ3v) is 5.06. The highest BCUT2D eigenvalue weighted by Gasteiger charge is 2.07. The number of rotatable bonds is 14. The predicted octanol–water partition coefficient (Wildman–Crippen LogP) is 6.39. The summed E-state index contributed by atoms with van der Waals surface area (Å²) in [5.41, 5.74) is 5.29. The summed E-state index contributed by atoms with van der Waals surface area (Å²) < 4.78 is 17.6. The van der Waals surface area contributed by atoms with Crippen LogP contribution in [0.3, 0.4) is 0 Å². The summed E-state index contributed by atoms with van der Waals surface area (Å²) in [6.07, 6.45) is 7.09. The Kier molecular flexibility index (Phi) is 11.4. The van der Waals surface area contributed by atoms with Gasteiger partial charge in [0.15, 0.2) is 0 Å². The molecule has 5 heteroatoms. The molecular formula is C27H37NO4. The third-order valence-electron chi connectivity index (χ3n) is 5.06. The second-order valence-electron chi connectivity index (χ2n) is 7.78. The highest BCUT2D eigenvalue weighted by Crippen LogP contribution is 2.28. The first-order valence-corrected chi connectivity index (χ1v) is 11.3. The molecule has 0 fully saturated rings. The number of allylic oxidation sites excluding steroid dienone is 1. The van der Waals surface area contributed by atoms with E-state index in [9.17, 15) is 0 Å². The molecule has 2 aromatic carbocycles. The first-order chi connectivity index (χ1) is 15.5. The van der Waals surface area contributed by atoms with Gasteiger partial charge in [-0.3, -0.25) is 0 Å². The molecule has 0 aromatic heterocycles. The Morgan fingerprint density at radius 1 is 0.938 bits per heavy atom. The molecule has 2 aromatic rings. The molecule has 0 N–H and O–H groups in total. The maximum atomic E-state index is 6.04. The first-order valence-electron chi connectivity index (χ1n) is 11.3. The second kappa shape index (κ2) is 14.3. The van der Waals surface area contributed by atoms with Gasteiger partial charge in [-0.25, -0.2) is 0 Å². The highest BCUT2D eigenvalue weighted by atomic mass is 16.6. The van der Waals surface area contributed by atoms with Gasteiger partial charge < -0.3 is 19.0 Å². The van der Waals surface area contributed by atoms with Crippen molar-refractivity contribution in [3.8, 4) is 11.5 Å². The van der Waals surface area contributed by atoms with Crippen molar-refractivity contribution in [3.63, 3.8) is 0 Å². The van der Waals surface area contributed by atoms with E-state index in [1.807, 2.05) is 50.3 Å². The molecule has 0 aliphatic heterocycles. The summed E-state index contributed by atoms with van der Waals surface area (Å²) in [6, 6.07) is 12.3. The maximum Gasteiger partial charge on any atom is 0.125 e. The lowest BCUT2D eigenvalue weighted by atomic mass is 10.1. The standard InChI is InChI=1S/C27H37NO4/c1-6-7-16-31-26-18-21(2)27(22(3)19-26)32-17-10-8-9-15-30-20-24-11-13-25(14-12-24)23(4)28-29-5/h6-7,11-14,18-19H,8-10,15-17,20H2,1-5H3/b7-6+,28-23?. The number of aryl methyl sites for hydroxylation is 2. The van der Waals surface area contributed by atoms with Gasteiger partial charge in [0, 0.05) is 6.61 Å². The molecule has 0 saturated heterocycles. The summed E-state index contributed by atoms with van der Waals surface area (Å²) in [5, 5.41) is 3.95. The van der Waals surface area contributed by atoms with Crippen molar-refractivity contribution in [1.82, 2.24) is 0 Å². The van der Waals surface area contributed by atoms with E-state index in [1.165, 1.54) is 0 Å². The third kappa shape index (κ3) is 8.75. The zero-order valence-corrected chi connectivity index (χ0v) is 20.1. The molecule has 0 heterocycles. The van der Waals surface area contributed by atoms with E-state index >= 15 is 0 Å². The van der Waals surface area contributed by atoms with Gasteiger partial charge in [-0.05, 0) is 81.3 Å². The molecule has 0 saturated carbocycles. The van der Waals surface area contributed by atoms with Crippen molar-refractivity contribution in [2.24, 2.45) is 5.16 Å². The van der Waals surface area contributed by atoms with Crippen LogP contribution in [0, 0.1) is 13.8 Å². The molecule has 0 amide bonds. The first kappa shape index (κ1) is 25.5. The van der Waals surface area contributed by atoms with Crippen molar-refractivity contribution in [2.75, 3.05) is 26.9 Å². The predicted molar refractivity (Wildman–Crippen MR) is 131 cm³/mol. The Morgan fingerprint density at radius 3 is 2.28 bits per heavy atom. The van der Waals surface area contributed by atoms with Crippen LogP contribution in [0.2, 0.25) is 0 Å². The molecule has 0 atom stereocenters. The molecule has 0 radical (unpaired) electrons. The van der Waals surface area contributed by atoms with E-state index in [0.29, 0.717) is 19.8 Å². The van der Waals surface area contributed by atoms with Crippen molar-refractivity contribution < 1.29 is 19.0 Å². The normalized spacial score (nSPS) is 11.7.